The smallest absolute Gasteiger partial charge is 0.235 e. The van der Waals surface area contributed by atoms with Crippen molar-refractivity contribution in [2.75, 3.05) is 10.5 Å². The Labute approximate surface area is 83.4 Å². The van der Waals surface area contributed by atoms with Crippen molar-refractivity contribution in [3.05, 3.63) is 18.3 Å². The zero-order chi connectivity index (χ0) is 10.8. The fourth-order valence-corrected chi connectivity index (χ4v) is 1.43. The summed E-state index contributed by atoms with van der Waals surface area (Å²) >= 11 is 0. The van der Waals surface area contributed by atoms with Gasteiger partial charge in [0.05, 0.1) is 17.1 Å². The zero-order valence-corrected chi connectivity index (χ0v) is 8.88. The van der Waals surface area contributed by atoms with Gasteiger partial charge in [0.15, 0.2) is 0 Å². The summed E-state index contributed by atoms with van der Waals surface area (Å²) in [5, 5.41) is -0.472. The highest BCUT2D eigenvalue weighted by Crippen LogP contribution is 2.11. The second-order valence-electron chi connectivity index (χ2n) is 3.17. The normalized spacial score (nSPS) is 11.6. The molecule has 0 atom stereocenters. The summed E-state index contributed by atoms with van der Waals surface area (Å²) in [5.41, 5.74) is 5.79. The van der Waals surface area contributed by atoms with Crippen LogP contribution in [0.2, 0.25) is 0 Å². The predicted octanol–water partition coefficient (Wildman–Crippen LogP) is 0.814. The summed E-state index contributed by atoms with van der Waals surface area (Å²) < 4.78 is 25.2. The van der Waals surface area contributed by atoms with Crippen LogP contribution in [0.5, 0.6) is 0 Å². The molecule has 0 unspecified atom stereocenters. The van der Waals surface area contributed by atoms with Crippen LogP contribution in [0, 0.1) is 0 Å². The number of rotatable bonds is 3. The van der Waals surface area contributed by atoms with E-state index in [-0.39, 0.29) is 0 Å². The molecule has 0 fully saturated rings. The minimum atomic E-state index is -3.29. The molecule has 0 aliphatic carbocycles. The van der Waals surface area contributed by atoms with Gasteiger partial charge < -0.3 is 5.73 Å². The maximum Gasteiger partial charge on any atom is 0.235 e. The summed E-state index contributed by atoms with van der Waals surface area (Å²) in [4.78, 5) is 3.77. The van der Waals surface area contributed by atoms with Gasteiger partial charge in [0.25, 0.3) is 0 Å². The molecule has 78 valence electrons. The molecule has 0 radical (unpaired) electrons. The molecule has 0 bridgehead atoms. The lowest BCUT2D eigenvalue weighted by molar-refractivity contribution is 0.593. The third-order valence-corrected chi connectivity index (χ3v) is 3.43. The first-order valence-electron chi connectivity index (χ1n) is 4.15. The van der Waals surface area contributed by atoms with Crippen LogP contribution in [0.4, 0.5) is 11.5 Å². The van der Waals surface area contributed by atoms with Gasteiger partial charge in [-0.2, -0.15) is 0 Å². The number of anilines is 2. The highest BCUT2D eigenvalue weighted by Gasteiger charge is 2.15. The number of nitrogens with two attached hydrogens (primary N) is 1. The van der Waals surface area contributed by atoms with Crippen LogP contribution < -0.4 is 10.5 Å². The molecule has 5 nitrogen and oxygen atoms in total. The Morgan fingerprint density at radius 2 is 2.07 bits per heavy atom. The fourth-order valence-electron chi connectivity index (χ4n) is 0.748. The SMILES string of the molecule is CC(C)S(=O)(=O)Nc1ccc(N)nc1. The second kappa shape index (κ2) is 3.83. The van der Waals surface area contributed by atoms with Crippen molar-refractivity contribution in [1.29, 1.82) is 0 Å². The molecule has 0 aliphatic rings. The monoisotopic (exact) mass is 215 g/mol. The number of nitrogens with zero attached hydrogens (tertiary/aromatic N) is 1. The van der Waals surface area contributed by atoms with Crippen LogP contribution in [-0.4, -0.2) is 18.7 Å². The van der Waals surface area contributed by atoms with Crippen molar-refractivity contribution in [1.82, 2.24) is 4.98 Å². The maximum atomic E-state index is 11.4. The van der Waals surface area contributed by atoms with Gasteiger partial charge in [-0.15, -0.1) is 0 Å². The third kappa shape index (κ3) is 2.59. The van der Waals surface area contributed by atoms with Crippen LogP contribution in [0.3, 0.4) is 0 Å². The van der Waals surface area contributed by atoms with E-state index in [0.29, 0.717) is 11.5 Å². The van der Waals surface area contributed by atoms with Crippen molar-refractivity contribution < 1.29 is 8.42 Å². The first-order chi connectivity index (χ1) is 6.42. The molecule has 14 heavy (non-hydrogen) atoms. The minimum Gasteiger partial charge on any atom is -0.384 e. The summed E-state index contributed by atoms with van der Waals surface area (Å²) in [6.45, 7) is 3.21. The van der Waals surface area contributed by atoms with E-state index in [0.717, 1.165) is 0 Å². The van der Waals surface area contributed by atoms with E-state index in [9.17, 15) is 8.42 Å². The van der Waals surface area contributed by atoms with Crippen molar-refractivity contribution in [3.8, 4) is 0 Å². The standard InChI is InChI=1S/C8H13N3O2S/c1-6(2)14(12,13)11-7-3-4-8(9)10-5-7/h3-6,11H,1-2H3,(H2,9,10). The van der Waals surface area contributed by atoms with Gasteiger partial charge in [-0.05, 0) is 26.0 Å². The summed E-state index contributed by atoms with van der Waals surface area (Å²) in [7, 11) is -3.29. The predicted molar refractivity (Wildman–Crippen MR) is 56.3 cm³/mol. The molecular formula is C8H13N3O2S. The Kier molecular flexibility index (Phi) is 2.95. The van der Waals surface area contributed by atoms with E-state index in [1.165, 1.54) is 12.3 Å². The van der Waals surface area contributed by atoms with Crippen LogP contribution >= 0.6 is 0 Å². The fraction of sp³-hybridized carbons (Fsp3) is 0.375. The lowest BCUT2D eigenvalue weighted by Gasteiger charge is -2.09. The molecule has 0 aliphatic heterocycles. The van der Waals surface area contributed by atoms with E-state index in [1.54, 1.807) is 19.9 Å². The highest BCUT2D eigenvalue weighted by atomic mass is 32.2. The van der Waals surface area contributed by atoms with Crippen LogP contribution in [-0.2, 0) is 10.0 Å². The van der Waals surface area contributed by atoms with Crippen molar-refractivity contribution >= 4 is 21.5 Å². The van der Waals surface area contributed by atoms with Crippen LogP contribution in [0.1, 0.15) is 13.8 Å². The molecule has 0 amide bonds. The molecule has 1 aromatic rings. The number of nitrogen functional groups attached to an aromatic ring is 1. The molecule has 3 N–H and O–H groups in total. The van der Waals surface area contributed by atoms with Crippen molar-refractivity contribution in [2.24, 2.45) is 0 Å². The van der Waals surface area contributed by atoms with Crippen molar-refractivity contribution in [2.45, 2.75) is 19.1 Å². The van der Waals surface area contributed by atoms with Gasteiger partial charge in [0.1, 0.15) is 5.82 Å². The van der Waals surface area contributed by atoms with E-state index < -0.39 is 15.3 Å². The molecule has 1 rings (SSSR count). The summed E-state index contributed by atoms with van der Waals surface area (Å²) in [6.07, 6.45) is 1.38. The topological polar surface area (TPSA) is 85.1 Å². The Morgan fingerprint density at radius 1 is 1.43 bits per heavy atom. The average molecular weight is 215 g/mol. The van der Waals surface area contributed by atoms with Crippen molar-refractivity contribution in [3.63, 3.8) is 0 Å². The Bertz CT molecular complexity index is 397. The van der Waals surface area contributed by atoms with Gasteiger partial charge in [0, 0.05) is 0 Å². The number of nitrogens with one attached hydrogen (secondary N) is 1. The van der Waals surface area contributed by atoms with E-state index >= 15 is 0 Å². The minimum absolute atomic E-state index is 0.359. The first kappa shape index (κ1) is 10.8. The van der Waals surface area contributed by atoms with Crippen LogP contribution in [0.25, 0.3) is 0 Å². The number of hydrogen-bond donors (Lipinski definition) is 2. The molecule has 6 heteroatoms. The number of hydrogen-bond acceptors (Lipinski definition) is 4. The molecule has 1 aromatic heterocycles. The second-order valence-corrected chi connectivity index (χ2v) is 5.40. The molecule has 0 saturated heterocycles. The largest absolute Gasteiger partial charge is 0.384 e. The number of sulfonamides is 1. The van der Waals surface area contributed by atoms with Gasteiger partial charge in [-0.3, -0.25) is 4.72 Å². The van der Waals surface area contributed by atoms with Gasteiger partial charge in [-0.25, -0.2) is 13.4 Å². The zero-order valence-electron chi connectivity index (χ0n) is 8.06. The lowest BCUT2D eigenvalue weighted by atomic mass is 10.4. The van der Waals surface area contributed by atoms with Crippen LogP contribution in [0.15, 0.2) is 18.3 Å². The summed E-state index contributed by atoms with van der Waals surface area (Å²) in [6, 6.07) is 3.11. The molecule has 0 spiro atoms. The quantitative estimate of drug-likeness (QED) is 0.781. The summed E-state index contributed by atoms with van der Waals surface area (Å²) in [5.74, 6) is 0.359. The molecular weight excluding hydrogens is 202 g/mol. The first-order valence-corrected chi connectivity index (χ1v) is 5.69. The Hall–Kier alpha value is -1.30. The molecule has 0 saturated carbocycles. The number of pyridine rings is 1. The average Bonchev–Trinajstić information content (AvgIpc) is 2.08. The van der Waals surface area contributed by atoms with Gasteiger partial charge in [-0.1, -0.05) is 0 Å². The lowest BCUT2D eigenvalue weighted by Crippen LogP contribution is -2.22. The van der Waals surface area contributed by atoms with E-state index in [4.69, 9.17) is 5.73 Å². The van der Waals surface area contributed by atoms with Gasteiger partial charge in [0.2, 0.25) is 10.0 Å². The van der Waals surface area contributed by atoms with E-state index in [2.05, 4.69) is 9.71 Å². The molecule has 1 heterocycles. The Morgan fingerprint density at radius 3 is 2.50 bits per heavy atom. The molecule has 0 aromatic carbocycles. The number of aromatic nitrogens is 1. The van der Waals surface area contributed by atoms with Gasteiger partial charge >= 0.3 is 0 Å². The Balaban J connectivity index is 2.85. The highest BCUT2D eigenvalue weighted by molar-refractivity contribution is 7.93. The third-order valence-electron chi connectivity index (χ3n) is 1.67. The van der Waals surface area contributed by atoms with E-state index in [1.807, 2.05) is 0 Å². The maximum absolute atomic E-state index is 11.4.